The lowest BCUT2D eigenvalue weighted by Gasteiger charge is -2.37. The van der Waals surface area contributed by atoms with E-state index in [9.17, 15) is 0 Å². The number of hydrogen-bond donors (Lipinski definition) is 2. The molecule has 5 nitrogen and oxygen atoms in total. The molecule has 1 heterocycles. The summed E-state index contributed by atoms with van der Waals surface area (Å²) in [4.78, 5) is 4.36. The van der Waals surface area contributed by atoms with Crippen LogP contribution >= 0.6 is 35.7 Å². The second-order valence-corrected chi connectivity index (χ2v) is 8.34. The van der Waals surface area contributed by atoms with E-state index >= 15 is 0 Å². The molecule has 0 radical (unpaired) electrons. The van der Waals surface area contributed by atoms with Crippen LogP contribution in [0.25, 0.3) is 0 Å². The highest BCUT2D eigenvalue weighted by Gasteiger charge is 2.32. The molecule has 1 fully saturated rings. The standard InChI is InChI=1S/C18H37N3O2S.HI/c1-6-23-16(15(3)4)8-11-20-17(19-5)21-14-18(24-7-2)9-12-22-13-10-18;/h15-16H,6-14H2,1-5H3,(H2,19,20,21);1H. The number of aliphatic imine (C=N–C) groups is 1. The van der Waals surface area contributed by atoms with Gasteiger partial charge in [-0.25, -0.2) is 0 Å². The van der Waals surface area contributed by atoms with Gasteiger partial charge in [0.05, 0.1) is 6.10 Å². The molecule has 150 valence electrons. The molecule has 1 atom stereocenters. The Kier molecular flexibility index (Phi) is 14.5. The normalized spacial score (nSPS) is 18.6. The third-order valence-electron chi connectivity index (χ3n) is 4.50. The lowest BCUT2D eigenvalue weighted by Crippen LogP contribution is -2.48. The first kappa shape index (κ1) is 25.3. The van der Waals surface area contributed by atoms with Gasteiger partial charge in [-0.1, -0.05) is 20.8 Å². The first-order chi connectivity index (χ1) is 11.6. The van der Waals surface area contributed by atoms with E-state index in [0.717, 1.165) is 63.9 Å². The van der Waals surface area contributed by atoms with Crippen LogP contribution in [-0.2, 0) is 9.47 Å². The van der Waals surface area contributed by atoms with Gasteiger partial charge in [0.2, 0.25) is 0 Å². The molecule has 25 heavy (non-hydrogen) atoms. The van der Waals surface area contributed by atoms with Gasteiger partial charge in [-0.2, -0.15) is 11.8 Å². The van der Waals surface area contributed by atoms with E-state index in [1.54, 1.807) is 0 Å². The summed E-state index contributed by atoms with van der Waals surface area (Å²) in [6, 6.07) is 0. The molecule has 1 unspecified atom stereocenters. The minimum absolute atomic E-state index is 0. The first-order valence-corrected chi connectivity index (χ1v) is 10.3. The van der Waals surface area contributed by atoms with Crippen molar-refractivity contribution in [1.82, 2.24) is 10.6 Å². The average molecular weight is 487 g/mol. The predicted octanol–water partition coefficient (Wildman–Crippen LogP) is 3.52. The van der Waals surface area contributed by atoms with Gasteiger partial charge in [-0.15, -0.1) is 24.0 Å². The van der Waals surface area contributed by atoms with Crippen LogP contribution in [0.15, 0.2) is 4.99 Å². The first-order valence-electron chi connectivity index (χ1n) is 9.34. The van der Waals surface area contributed by atoms with Crippen molar-refractivity contribution < 1.29 is 9.47 Å². The highest BCUT2D eigenvalue weighted by Crippen LogP contribution is 2.34. The molecule has 1 aliphatic heterocycles. The van der Waals surface area contributed by atoms with Gasteiger partial charge in [0.25, 0.3) is 0 Å². The summed E-state index contributed by atoms with van der Waals surface area (Å²) in [5.41, 5.74) is 0. The highest BCUT2D eigenvalue weighted by molar-refractivity contribution is 14.0. The Morgan fingerprint density at radius 3 is 2.44 bits per heavy atom. The van der Waals surface area contributed by atoms with Gasteiger partial charge in [0, 0.05) is 44.7 Å². The SMILES string of the molecule is CCOC(CCNC(=NC)NCC1(SCC)CCOCC1)C(C)C.I. The summed E-state index contributed by atoms with van der Waals surface area (Å²) < 4.78 is 11.6. The van der Waals surface area contributed by atoms with Crippen molar-refractivity contribution >= 4 is 41.7 Å². The lowest BCUT2D eigenvalue weighted by molar-refractivity contribution is 0.0258. The van der Waals surface area contributed by atoms with E-state index in [0.29, 0.717) is 12.0 Å². The summed E-state index contributed by atoms with van der Waals surface area (Å²) in [5, 5.41) is 6.95. The van der Waals surface area contributed by atoms with Gasteiger partial charge >= 0.3 is 0 Å². The van der Waals surface area contributed by atoms with Crippen molar-refractivity contribution in [2.75, 3.05) is 45.7 Å². The van der Waals surface area contributed by atoms with Crippen LogP contribution < -0.4 is 10.6 Å². The van der Waals surface area contributed by atoms with Crippen molar-refractivity contribution in [3.8, 4) is 0 Å². The molecule has 0 amide bonds. The largest absolute Gasteiger partial charge is 0.381 e. The zero-order valence-corrected chi connectivity index (χ0v) is 19.7. The van der Waals surface area contributed by atoms with Crippen LogP contribution in [-0.4, -0.2) is 62.5 Å². The molecule has 2 N–H and O–H groups in total. The average Bonchev–Trinajstić information content (AvgIpc) is 2.58. The second-order valence-electron chi connectivity index (χ2n) is 6.61. The maximum atomic E-state index is 5.80. The molecule has 0 aliphatic carbocycles. The van der Waals surface area contributed by atoms with Crippen molar-refractivity contribution in [1.29, 1.82) is 0 Å². The number of halogens is 1. The van der Waals surface area contributed by atoms with Gasteiger partial charge in [0.1, 0.15) is 0 Å². The minimum atomic E-state index is 0. The Labute approximate surface area is 175 Å². The zero-order valence-electron chi connectivity index (χ0n) is 16.6. The quantitative estimate of drug-likeness (QED) is 0.281. The van der Waals surface area contributed by atoms with Gasteiger partial charge in [0.15, 0.2) is 5.96 Å². The Balaban J connectivity index is 0.00000576. The number of rotatable bonds is 10. The fourth-order valence-electron chi connectivity index (χ4n) is 3.04. The smallest absolute Gasteiger partial charge is 0.191 e. The molecular weight excluding hydrogens is 449 g/mol. The number of guanidine groups is 1. The molecule has 1 saturated heterocycles. The molecule has 0 aromatic rings. The molecule has 0 bridgehead atoms. The summed E-state index contributed by atoms with van der Waals surface area (Å²) in [5.74, 6) is 2.56. The van der Waals surface area contributed by atoms with E-state index < -0.39 is 0 Å². The number of thioether (sulfide) groups is 1. The van der Waals surface area contributed by atoms with Crippen LogP contribution in [0.4, 0.5) is 0 Å². The van der Waals surface area contributed by atoms with Crippen molar-refractivity contribution in [2.24, 2.45) is 10.9 Å². The highest BCUT2D eigenvalue weighted by atomic mass is 127. The fourth-order valence-corrected chi connectivity index (χ4v) is 4.29. The van der Waals surface area contributed by atoms with Gasteiger partial charge in [-0.05, 0) is 37.9 Å². The topological polar surface area (TPSA) is 54.9 Å². The Hall–Kier alpha value is 0.270. The van der Waals surface area contributed by atoms with Crippen LogP contribution in [0.2, 0.25) is 0 Å². The zero-order chi connectivity index (χ0) is 17.8. The number of nitrogens with zero attached hydrogens (tertiary/aromatic N) is 1. The van der Waals surface area contributed by atoms with Crippen molar-refractivity contribution in [2.45, 2.75) is 57.8 Å². The summed E-state index contributed by atoms with van der Waals surface area (Å²) in [6.07, 6.45) is 3.51. The van der Waals surface area contributed by atoms with E-state index in [1.807, 2.05) is 18.8 Å². The van der Waals surface area contributed by atoms with E-state index in [1.165, 1.54) is 0 Å². The number of nitrogens with one attached hydrogen (secondary N) is 2. The van der Waals surface area contributed by atoms with Gasteiger partial charge < -0.3 is 20.1 Å². The molecule has 0 aromatic carbocycles. The molecule has 0 spiro atoms. The molecule has 0 saturated carbocycles. The third-order valence-corrected chi connectivity index (χ3v) is 5.96. The summed E-state index contributed by atoms with van der Waals surface area (Å²) in [7, 11) is 1.83. The number of hydrogen-bond acceptors (Lipinski definition) is 4. The molecule has 7 heteroatoms. The van der Waals surface area contributed by atoms with Crippen LogP contribution in [0, 0.1) is 5.92 Å². The van der Waals surface area contributed by atoms with Gasteiger partial charge in [-0.3, -0.25) is 4.99 Å². The van der Waals surface area contributed by atoms with Crippen molar-refractivity contribution in [3.05, 3.63) is 0 Å². The maximum Gasteiger partial charge on any atom is 0.191 e. The van der Waals surface area contributed by atoms with Crippen LogP contribution in [0.1, 0.15) is 47.0 Å². The van der Waals surface area contributed by atoms with Crippen LogP contribution in [0.3, 0.4) is 0 Å². The second kappa shape index (κ2) is 14.3. The maximum absolute atomic E-state index is 5.80. The predicted molar refractivity (Wildman–Crippen MR) is 121 cm³/mol. The van der Waals surface area contributed by atoms with Crippen LogP contribution in [0.5, 0.6) is 0 Å². The Morgan fingerprint density at radius 2 is 1.92 bits per heavy atom. The number of ether oxygens (including phenoxy) is 2. The molecule has 1 rings (SSSR count). The summed E-state index contributed by atoms with van der Waals surface area (Å²) in [6.45, 7) is 13.0. The Bertz CT molecular complexity index is 359. The van der Waals surface area contributed by atoms with Crippen molar-refractivity contribution in [3.63, 3.8) is 0 Å². The van der Waals surface area contributed by atoms with E-state index in [4.69, 9.17) is 9.47 Å². The van der Waals surface area contributed by atoms with E-state index in [2.05, 4.69) is 43.3 Å². The lowest BCUT2D eigenvalue weighted by atomic mass is 9.99. The Morgan fingerprint density at radius 1 is 1.24 bits per heavy atom. The monoisotopic (exact) mass is 487 g/mol. The molecule has 1 aliphatic rings. The van der Waals surface area contributed by atoms with E-state index in [-0.39, 0.29) is 28.7 Å². The molecule has 0 aromatic heterocycles. The fraction of sp³-hybridized carbons (Fsp3) is 0.944. The minimum Gasteiger partial charge on any atom is -0.381 e. The summed E-state index contributed by atoms with van der Waals surface area (Å²) >= 11 is 2.05. The molecular formula is C18H38IN3O2S. The third kappa shape index (κ3) is 9.68.